The molecular weight excluding hydrogens is 376 g/mol. The molecule has 1 fully saturated rings. The van der Waals surface area contributed by atoms with Gasteiger partial charge in [-0.2, -0.15) is 16.8 Å². The minimum absolute atomic E-state index is 0.170. The highest BCUT2D eigenvalue weighted by Crippen LogP contribution is 2.26. The van der Waals surface area contributed by atoms with E-state index < -0.39 is 30.6 Å². The third-order valence-electron chi connectivity index (χ3n) is 3.66. The molecule has 0 amide bonds. The number of hydrogen-bond acceptors (Lipinski definition) is 6. The fourth-order valence-electron chi connectivity index (χ4n) is 1.88. The molecule has 148 valence electrons. The Morgan fingerprint density at radius 2 is 1.50 bits per heavy atom. The topological polar surface area (TPSA) is 86.7 Å². The van der Waals surface area contributed by atoms with Crippen LogP contribution >= 0.6 is 0 Å². The lowest BCUT2D eigenvalue weighted by Crippen LogP contribution is -2.35. The van der Waals surface area contributed by atoms with Crippen molar-refractivity contribution >= 4 is 20.2 Å². The summed E-state index contributed by atoms with van der Waals surface area (Å²) in [6.07, 6.45) is 14.9. The molecule has 8 heteroatoms. The van der Waals surface area contributed by atoms with Crippen molar-refractivity contribution in [2.75, 3.05) is 0 Å². The van der Waals surface area contributed by atoms with Gasteiger partial charge in [-0.05, 0) is 40.5 Å². The van der Waals surface area contributed by atoms with Crippen molar-refractivity contribution in [3.05, 3.63) is 12.0 Å². The lowest BCUT2D eigenvalue weighted by molar-refractivity contribution is 0.158. The van der Waals surface area contributed by atoms with Crippen molar-refractivity contribution in [2.24, 2.45) is 0 Å². The molecule has 1 aliphatic carbocycles. The SMILES string of the molecule is C#CC(C)(C)OS(=O)(=O)C=C.C#CC(C)(C)S(=O)(=O)OC1CCCCC1. The van der Waals surface area contributed by atoms with Crippen LogP contribution in [0.2, 0.25) is 0 Å². The van der Waals surface area contributed by atoms with E-state index in [2.05, 4.69) is 22.6 Å². The summed E-state index contributed by atoms with van der Waals surface area (Å²) in [7, 11) is -7.31. The standard InChI is InChI=1S/C11H18O3S.C7H10O3S/c1-4-11(2,3)15(12,13)14-10-8-6-5-7-9-10;1-5-7(3,4)10-11(8,9)6-2/h1,10H,5-9H2,2-3H3;1,6H,2H2,3-4H3. The average Bonchev–Trinajstić information content (AvgIpc) is 2.55. The first kappa shape index (κ1) is 24.7. The fourth-order valence-corrected chi connectivity index (χ4v) is 3.51. The lowest BCUT2D eigenvalue weighted by atomic mass is 9.98. The first-order valence-electron chi connectivity index (χ1n) is 8.18. The third kappa shape index (κ3) is 8.37. The van der Waals surface area contributed by atoms with Crippen molar-refractivity contribution in [3.8, 4) is 24.7 Å². The van der Waals surface area contributed by atoms with E-state index in [-0.39, 0.29) is 6.10 Å². The molecule has 6 nitrogen and oxygen atoms in total. The van der Waals surface area contributed by atoms with Gasteiger partial charge in [-0.1, -0.05) is 37.7 Å². The average molecular weight is 405 g/mol. The van der Waals surface area contributed by atoms with E-state index in [0.29, 0.717) is 5.41 Å². The minimum Gasteiger partial charge on any atom is -0.266 e. The summed E-state index contributed by atoms with van der Waals surface area (Å²) >= 11 is 0. The van der Waals surface area contributed by atoms with Crippen molar-refractivity contribution in [1.29, 1.82) is 0 Å². The Labute approximate surface area is 158 Å². The van der Waals surface area contributed by atoms with Crippen molar-refractivity contribution in [2.45, 2.75) is 76.3 Å². The van der Waals surface area contributed by atoms with E-state index in [4.69, 9.17) is 17.0 Å². The summed E-state index contributed by atoms with van der Waals surface area (Å²) in [5.74, 6) is 4.44. The summed E-state index contributed by atoms with van der Waals surface area (Å²) in [6, 6.07) is 0. The molecule has 26 heavy (non-hydrogen) atoms. The van der Waals surface area contributed by atoms with Gasteiger partial charge in [0, 0.05) is 0 Å². The molecule has 1 saturated carbocycles. The number of rotatable bonds is 6. The minimum atomic E-state index is -3.67. The van der Waals surface area contributed by atoms with Crippen molar-refractivity contribution < 1.29 is 25.2 Å². The second kappa shape index (κ2) is 9.57. The first-order chi connectivity index (χ1) is 11.7. The van der Waals surface area contributed by atoms with E-state index in [1.165, 1.54) is 34.1 Å². The molecule has 0 aromatic rings. The summed E-state index contributed by atoms with van der Waals surface area (Å²) < 4.78 is 53.5. The van der Waals surface area contributed by atoms with E-state index in [1.54, 1.807) is 0 Å². The highest BCUT2D eigenvalue weighted by Gasteiger charge is 2.36. The van der Waals surface area contributed by atoms with Gasteiger partial charge in [0.05, 0.1) is 11.5 Å². The Morgan fingerprint density at radius 3 is 1.88 bits per heavy atom. The molecular formula is C18H28O6S2. The van der Waals surface area contributed by atoms with Gasteiger partial charge >= 0.3 is 0 Å². The highest BCUT2D eigenvalue weighted by molar-refractivity contribution is 7.89. The molecule has 1 rings (SSSR count). The summed E-state index contributed by atoms with van der Waals surface area (Å²) in [5, 5.41) is 0.714. The smallest absolute Gasteiger partial charge is 0.266 e. The van der Waals surface area contributed by atoms with Crippen LogP contribution in [0.15, 0.2) is 12.0 Å². The second-order valence-corrected chi connectivity index (χ2v) is 10.5. The van der Waals surface area contributed by atoms with Gasteiger partial charge in [-0.25, -0.2) is 4.18 Å². The van der Waals surface area contributed by atoms with Crippen LogP contribution in [0, 0.1) is 24.7 Å². The monoisotopic (exact) mass is 404 g/mol. The first-order valence-corrected chi connectivity index (χ1v) is 11.1. The molecule has 0 N–H and O–H groups in total. The maximum absolute atomic E-state index is 11.8. The van der Waals surface area contributed by atoms with Crippen molar-refractivity contribution in [1.82, 2.24) is 0 Å². The second-order valence-electron chi connectivity index (χ2n) is 6.86. The molecule has 0 aliphatic heterocycles. The molecule has 0 saturated heterocycles. The molecule has 0 aromatic carbocycles. The van der Waals surface area contributed by atoms with Gasteiger partial charge in [0.1, 0.15) is 5.60 Å². The van der Waals surface area contributed by atoms with E-state index in [0.717, 1.165) is 25.7 Å². The zero-order valence-electron chi connectivity index (χ0n) is 15.8. The van der Waals surface area contributed by atoms with Gasteiger partial charge in [0.2, 0.25) is 0 Å². The van der Waals surface area contributed by atoms with Crippen LogP contribution < -0.4 is 0 Å². The van der Waals surface area contributed by atoms with Crippen LogP contribution in [-0.4, -0.2) is 33.3 Å². The van der Waals surface area contributed by atoms with Crippen LogP contribution in [0.25, 0.3) is 0 Å². The van der Waals surface area contributed by atoms with Crippen LogP contribution in [0.3, 0.4) is 0 Å². The van der Waals surface area contributed by atoms with Crippen LogP contribution in [0.4, 0.5) is 0 Å². The van der Waals surface area contributed by atoms with Gasteiger partial charge in [-0.3, -0.25) is 4.18 Å². The molecule has 1 aliphatic rings. The van der Waals surface area contributed by atoms with Gasteiger partial charge in [0.25, 0.3) is 20.2 Å². The molecule has 0 heterocycles. The maximum Gasteiger partial charge on any atom is 0.290 e. The largest absolute Gasteiger partial charge is 0.290 e. The summed E-state index contributed by atoms with van der Waals surface area (Å²) in [6.45, 7) is 9.01. The Balaban J connectivity index is 0.000000508. The Bertz CT molecular complexity index is 755. The Kier molecular flexibility index (Phi) is 9.08. The summed E-state index contributed by atoms with van der Waals surface area (Å²) in [5.41, 5.74) is -1.10. The molecule has 0 atom stereocenters. The highest BCUT2D eigenvalue weighted by atomic mass is 32.2. The third-order valence-corrected chi connectivity index (χ3v) is 6.61. The zero-order chi connectivity index (χ0) is 20.6. The Hall–Kier alpha value is -1.32. The molecule has 0 bridgehead atoms. The number of terminal acetylenes is 2. The van der Waals surface area contributed by atoms with Gasteiger partial charge in [-0.15, -0.1) is 12.8 Å². The van der Waals surface area contributed by atoms with E-state index in [1.807, 2.05) is 0 Å². The zero-order valence-corrected chi connectivity index (χ0v) is 17.5. The molecule has 0 unspecified atom stereocenters. The Morgan fingerprint density at radius 1 is 1.00 bits per heavy atom. The van der Waals surface area contributed by atoms with Crippen LogP contribution in [-0.2, 0) is 28.6 Å². The molecule has 0 aromatic heterocycles. The van der Waals surface area contributed by atoms with E-state index >= 15 is 0 Å². The quantitative estimate of drug-likeness (QED) is 0.500. The molecule has 0 spiro atoms. The predicted molar refractivity (Wildman–Crippen MR) is 103 cm³/mol. The summed E-state index contributed by atoms with van der Waals surface area (Å²) in [4.78, 5) is 0. The molecule has 0 radical (unpaired) electrons. The van der Waals surface area contributed by atoms with Gasteiger partial charge < -0.3 is 0 Å². The maximum atomic E-state index is 11.8. The number of hydrogen-bond donors (Lipinski definition) is 0. The van der Waals surface area contributed by atoms with Crippen LogP contribution in [0.5, 0.6) is 0 Å². The lowest BCUT2D eigenvalue weighted by Gasteiger charge is -2.25. The van der Waals surface area contributed by atoms with Crippen LogP contribution in [0.1, 0.15) is 59.8 Å². The predicted octanol–water partition coefficient (Wildman–Crippen LogP) is 2.97. The van der Waals surface area contributed by atoms with E-state index in [9.17, 15) is 16.8 Å². The van der Waals surface area contributed by atoms with Gasteiger partial charge in [0.15, 0.2) is 4.75 Å². The fraction of sp³-hybridized carbons (Fsp3) is 0.667. The normalized spacial score (nSPS) is 16.5. The van der Waals surface area contributed by atoms with Crippen molar-refractivity contribution in [3.63, 3.8) is 0 Å².